The first-order chi connectivity index (χ1) is 13.0. The molecule has 0 unspecified atom stereocenters. The highest BCUT2D eigenvalue weighted by Crippen LogP contribution is 2.36. The van der Waals surface area contributed by atoms with Crippen LogP contribution in [0.25, 0.3) is 21.9 Å². The second-order valence-electron chi connectivity index (χ2n) is 6.44. The molecule has 27 heavy (non-hydrogen) atoms. The van der Waals surface area contributed by atoms with E-state index in [2.05, 4.69) is 23.8 Å². The number of ether oxygens (including phenoxy) is 2. The number of rotatable bonds is 7. The molecule has 6 nitrogen and oxygen atoms in total. The fraction of sp³-hybridized carbons (Fsp3) is 0.350. The highest BCUT2D eigenvalue weighted by molar-refractivity contribution is 7.17. The van der Waals surface area contributed by atoms with E-state index in [1.54, 1.807) is 13.1 Å². The van der Waals surface area contributed by atoms with E-state index in [4.69, 9.17) is 13.9 Å². The Labute approximate surface area is 162 Å². The van der Waals surface area contributed by atoms with Crippen LogP contribution in [0.1, 0.15) is 36.1 Å². The Morgan fingerprint density at radius 3 is 2.81 bits per heavy atom. The van der Waals surface area contributed by atoms with Crippen LogP contribution in [0.4, 0.5) is 0 Å². The molecule has 0 N–H and O–H groups in total. The average Bonchev–Trinajstić information content (AvgIpc) is 3.30. The van der Waals surface area contributed by atoms with E-state index < -0.39 is 0 Å². The number of hydrogen-bond donors (Lipinski definition) is 0. The van der Waals surface area contributed by atoms with Gasteiger partial charge >= 0.3 is 5.97 Å². The van der Waals surface area contributed by atoms with Crippen molar-refractivity contribution in [2.75, 3.05) is 13.2 Å². The monoisotopic (exact) mass is 386 g/mol. The zero-order valence-corrected chi connectivity index (χ0v) is 16.6. The fourth-order valence-electron chi connectivity index (χ4n) is 2.49. The molecule has 0 saturated heterocycles. The summed E-state index contributed by atoms with van der Waals surface area (Å²) in [6.07, 6.45) is 3.04. The Balaban J connectivity index is 1.99. The maximum Gasteiger partial charge on any atom is 0.350 e. The molecule has 0 aliphatic heterocycles. The second kappa shape index (κ2) is 8.35. The normalized spacial score (nSPS) is 11.0. The molecule has 0 fully saturated rings. The van der Waals surface area contributed by atoms with Crippen LogP contribution in [0.15, 0.2) is 35.2 Å². The largest absolute Gasteiger partial charge is 0.493 e. The number of aromatic nitrogens is 2. The van der Waals surface area contributed by atoms with Crippen molar-refractivity contribution in [3.63, 3.8) is 0 Å². The van der Waals surface area contributed by atoms with Gasteiger partial charge in [-0.15, -0.1) is 11.3 Å². The Kier molecular flexibility index (Phi) is 5.91. The van der Waals surface area contributed by atoms with E-state index in [1.807, 2.05) is 25.1 Å². The zero-order chi connectivity index (χ0) is 19.4. The summed E-state index contributed by atoms with van der Waals surface area (Å²) in [5, 5.41) is 0.742. The number of thiazole rings is 1. The highest BCUT2D eigenvalue weighted by atomic mass is 32.1. The molecule has 0 aliphatic rings. The first-order valence-electron chi connectivity index (χ1n) is 8.80. The van der Waals surface area contributed by atoms with Crippen LogP contribution in [-0.4, -0.2) is 29.2 Å². The van der Waals surface area contributed by atoms with Gasteiger partial charge in [0.15, 0.2) is 12.2 Å². The van der Waals surface area contributed by atoms with Gasteiger partial charge in [-0.25, -0.2) is 14.8 Å². The minimum absolute atomic E-state index is 0.336. The lowest BCUT2D eigenvalue weighted by atomic mass is 10.1. The molecule has 0 spiro atoms. The molecule has 142 valence electrons. The molecule has 1 aromatic carbocycles. The number of oxazole rings is 1. The standard InChI is InChI=1S/C20H22N2O4S/c1-5-24-20(23)18-13(4)22-19(27-18)14-6-7-16(25-10-12(2)3)15(8-14)17-9-21-11-26-17/h6-9,11-12H,5,10H2,1-4H3. The molecular formula is C20H22N2O4S. The van der Waals surface area contributed by atoms with Gasteiger partial charge in [-0.05, 0) is 38.0 Å². The first kappa shape index (κ1) is 19.1. The minimum Gasteiger partial charge on any atom is -0.493 e. The minimum atomic E-state index is -0.342. The Bertz CT molecular complexity index is 916. The third-order valence-corrected chi connectivity index (χ3v) is 4.94. The fourth-order valence-corrected chi connectivity index (χ4v) is 3.45. The summed E-state index contributed by atoms with van der Waals surface area (Å²) in [5.74, 6) is 1.41. The van der Waals surface area contributed by atoms with Gasteiger partial charge in [-0.1, -0.05) is 13.8 Å². The molecular weight excluding hydrogens is 364 g/mol. The number of carbonyl (C=O) groups excluding carboxylic acids is 1. The maximum atomic E-state index is 12.1. The van der Waals surface area contributed by atoms with Crippen LogP contribution in [0.3, 0.4) is 0 Å². The molecule has 2 heterocycles. The van der Waals surface area contributed by atoms with Crippen molar-refractivity contribution < 1.29 is 18.7 Å². The van der Waals surface area contributed by atoms with Crippen molar-refractivity contribution >= 4 is 17.3 Å². The highest BCUT2D eigenvalue weighted by Gasteiger charge is 2.19. The number of nitrogens with zero attached hydrogens (tertiary/aromatic N) is 2. The molecule has 0 amide bonds. The second-order valence-corrected chi connectivity index (χ2v) is 7.43. The van der Waals surface area contributed by atoms with E-state index in [9.17, 15) is 4.79 Å². The number of aryl methyl sites for hydroxylation is 1. The number of esters is 1. The average molecular weight is 386 g/mol. The summed E-state index contributed by atoms with van der Waals surface area (Å²) in [7, 11) is 0. The van der Waals surface area contributed by atoms with Gasteiger partial charge in [0.1, 0.15) is 15.6 Å². The molecule has 0 atom stereocenters. The van der Waals surface area contributed by atoms with E-state index in [1.165, 1.54) is 17.7 Å². The van der Waals surface area contributed by atoms with Crippen molar-refractivity contribution in [3.05, 3.63) is 41.4 Å². The lowest BCUT2D eigenvalue weighted by molar-refractivity contribution is 0.0531. The van der Waals surface area contributed by atoms with Crippen molar-refractivity contribution in [3.8, 4) is 27.6 Å². The van der Waals surface area contributed by atoms with Crippen LogP contribution >= 0.6 is 11.3 Å². The van der Waals surface area contributed by atoms with Gasteiger partial charge in [0.2, 0.25) is 0 Å². The number of hydrogen-bond acceptors (Lipinski definition) is 7. The smallest absolute Gasteiger partial charge is 0.350 e. The molecule has 0 saturated carbocycles. The molecule has 0 radical (unpaired) electrons. The van der Waals surface area contributed by atoms with Crippen LogP contribution in [-0.2, 0) is 4.74 Å². The summed E-state index contributed by atoms with van der Waals surface area (Å²) < 4.78 is 16.5. The van der Waals surface area contributed by atoms with Crippen molar-refractivity contribution in [2.24, 2.45) is 5.92 Å². The Morgan fingerprint density at radius 2 is 2.15 bits per heavy atom. The molecule has 0 bridgehead atoms. The van der Waals surface area contributed by atoms with Crippen LogP contribution < -0.4 is 4.74 Å². The van der Waals surface area contributed by atoms with E-state index in [0.717, 1.165) is 21.9 Å². The summed E-state index contributed by atoms with van der Waals surface area (Å²) in [6, 6.07) is 5.78. The first-order valence-corrected chi connectivity index (χ1v) is 9.61. The molecule has 0 aliphatic carbocycles. The molecule has 7 heteroatoms. The van der Waals surface area contributed by atoms with E-state index in [-0.39, 0.29) is 5.97 Å². The topological polar surface area (TPSA) is 74.5 Å². The molecule has 3 aromatic rings. The van der Waals surface area contributed by atoms with E-state index in [0.29, 0.717) is 35.5 Å². The van der Waals surface area contributed by atoms with Gasteiger partial charge in [-0.3, -0.25) is 0 Å². The van der Waals surface area contributed by atoms with E-state index >= 15 is 0 Å². The molecule has 2 aromatic heterocycles. The summed E-state index contributed by atoms with van der Waals surface area (Å²) in [5.41, 5.74) is 2.34. The van der Waals surface area contributed by atoms with Gasteiger partial charge in [0.05, 0.1) is 30.7 Å². The van der Waals surface area contributed by atoms with Crippen molar-refractivity contribution in [1.29, 1.82) is 0 Å². The summed E-state index contributed by atoms with van der Waals surface area (Å²) >= 11 is 1.32. The van der Waals surface area contributed by atoms with Gasteiger partial charge in [-0.2, -0.15) is 0 Å². The third kappa shape index (κ3) is 4.36. The molecule has 3 rings (SSSR count). The Hall–Kier alpha value is -2.67. The predicted octanol–water partition coefficient (Wildman–Crippen LogP) is 4.99. The zero-order valence-electron chi connectivity index (χ0n) is 15.8. The summed E-state index contributed by atoms with van der Waals surface area (Å²) in [4.78, 5) is 21.1. The SMILES string of the molecule is CCOC(=O)c1sc(-c2ccc(OCC(C)C)c(-c3cnco3)c2)nc1C. The lowest BCUT2D eigenvalue weighted by Crippen LogP contribution is -2.05. The number of benzene rings is 1. The van der Waals surface area contributed by atoms with Crippen molar-refractivity contribution in [1.82, 2.24) is 9.97 Å². The quantitative estimate of drug-likeness (QED) is 0.533. The van der Waals surface area contributed by atoms with Crippen LogP contribution in [0.5, 0.6) is 5.75 Å². The van der Waals surface area contributed by atoms with Gasteiger partial charge in [0, 0.05) is 5.56 Å². The van der Waals surface area contributed by atoms with Crippen LogP contribution in [0, 0.1) is 12.8 Å². The van der Waals surface area contributed by atoms with Gasteiger partial charge in [0.25, 0.3) is 0 Å². The maximum absolute atomic E-state index is 12.1. The van der Waals surface area contributed by atoms with Crippen LogP contribution in [0.2, 0.25) is 0 Å². The number of carbonyl (C=O) groups is 1. The van der Waals surface area contributed by atoms with Crippen molar-refractivity contribution in [2.45, 2.75) is 27.7 Å². The summed E-state index contributed by atoms with van der Waals surface area (Å²) in [6.45, 7) is 8.72. The third-order valence-electron chi connectivity index (χ3n) is 3.75. The predicted molar refractivity (Wildman–Crippen MR) is 104 cm³/mol. The Morgan fingerprint density at radius 1 is 1.33 bits per heavy atom. The lowest BCUT2D eigenvalue weighted by Gasteiger charge is -2.12. The van der Waals surface area contributed by atoms with Gasteiger partial charge < -0.3 is 13.9 Å².